The fourth-order valence-electron chi connectivity index (χ4n) is 1.88. The highest BCUT2D eigenvalue weighted by atomic mass is 16.5. The van der Waals surface area contributed by atoms with Gasteiger partial charge in [0.2, 0.25) is 5.95 Å². The normalized spacial score (nSPS) is 10.1. The van der Waals surface area contributed by atoms with Crippen LogP contribution in [0.15, 0.2) is 37.1 Å². The molecule has 0 fully saturated rings. The first-order valence-corrected chi connectivity index (χ1v) is 6.41. The Morgan fingerprint density at radius 3 is 2.76 bits per heavy atom. The van der Waals surface area contributed by atoms with E-state index in [0.29, 0.717) is 30.3 Å². The van der Waals surface area contributed by atoms with Crippen LogP contribution in [0.2, 0.25) is 0 Å². The summed E-state index contributed by atoms with van der Waals surface area (Å²) >= 11 is 0. The lowest BCUT2D eigenvalue weighted by Gasteiger charge is -2.11. The second-order valence-corrected chi connectivity index (χ2v) is 4.40. The molecule has 1 heterocycles. The molecule has 0 amide bonds. The summed E-state index contributed by atoms with van der Waals surface area (Å²) in [7, 11) is 1.60. The van der Waals surface area contributed by atoms with Gasteiger partial charge >= 0.3 is 0 Å². The molecule has 0 radical (unpaired) electrons. The molecule has 0 aliphatic rings. The SMILES string of the molecule is C=CCOc1ccc(Cc2cnc(N)nc2N)cc1OC. The van der Waals surface area contributed by atoms with Crippen LogP contribution in [-0.4, -0.2) is 23.7 Å². The number of hydrogen-bond donors (Lipinski definition) is 2. The summed E-state index contributed by atoms with van der Waals surface area (Å²) in [6, 6.07) is 5.69. The molecule has 6 nitrogen and oxygen atoms in total. The van der Waals surface area contributed by atoms with Gasteiger partial charge in [-0.2, -0.15) is 4.98 Å². The van der Waals surface area contributed by atoms with Crippen molar-refractivity contribution in [1.82, 2.24) is 9.97 Å². The zero-order chi connectivity index (χ0) is 15.2. The summed E-state index contributed by atoms with van der Waals surface area (Å²) in [6.07, 6.45) is 3.90. The molecule has 110 valence electrons. The van der Waals surface area contributed by atoms with Crippen LogP contribution in [-0.2, 0) is 6.42 Å². The first-order chi connectivity index (χ1) is 10.1. The molecule has 0 atom stereocenters. The molecule has 0 saturated carbocycles. The molecule has 6 heteroatoms. The minimum Gasteiger partial charge on any atom is -0.493 e. The van der Waals surface area contributed by atoms with E-state index in [9.17, 15) is 0 Å². The van der Waals surface area contributed by atoms with Crippen molar-refractivity contribution < 1.29 is 9.47 Å². The lowest BCUT2D eigenvalue weighted by Crippen LogP contribution is -2.04. The van der Waals surface area contributed by atoms with Gasteiger partial charge in [0.1, 0.15) is 12.4 Å². The lowest BCUT2D eigenvalue weighted by molar-refractivity contribution is 0.326. The van der Waals surface area contributed by atoms with Gasteiger partial charge in [0.25, 0.3) is 0 Å². The number of nitrogens with two attached hydrogens (primary N) is 2. The lowest BCUT2D eigenvalue weighted by atomic mass is 10.1. The topological polar surface area (TPSA) is 96.3 Å². The highest BCUT2D eigenvalue weighted by molar-refractivity contribution is 5.48. The number of anilines is 2. The number of hydrogen-bond acceptors (Lipinski definition) is 6. The molecule has 0 saturated heterocycles. The van der Waals surface area contributed by atoms with E-state index in [4.69, 9.17) is 20.9 Å². The van der Waals surface area contributed by atoms with E-state index in [-0.39, 0.29) is 5.95 Å². The van der Waals surface area contributed by atoms with Crippen molar-refractivity contribution in [2.45, 2.75) is 6.42 Å². The van der Waals surface area contributed by atoms with Crippen molar-refractivity contribution >= 4 is 11.8 Å². The van der Waals surface area contributed by atoms with Crippen molar-refractivity contribution in [1.29, 1.82) is 0 Å². The van der Waals surface area contributed by atoms with Gasteiger partial charge in [-0.25, -0.2) is 4.98 Å². The predicted molar refractivity (Wildman–Crippen MR) is 82.3 cm³/mol. The fraction of sp³-hybridized carbons (Fsp3) is 0.200. The van der Waals surface area contributed by atoms with Crippen molar-refractivity contribution in [2.75, 3.05) is 25.2 Å². The molecule has 1 aromatic carbocycles. The Hall–Kier alpha value is -2.76. The number of aromatic nitrogens is 2. The number of nitrogens with zero attached hydrogens (tertiary/aromatic N) is 2. The van der Waals surface area contributed by atoms with Crippen molar-refractivity contribution in [3.63, 3.8) is 0 Å². The Bertz CT molecular complexity index is 644. The van der Waals surface area contributed by atoms with E-state index < -0.39 is 0 Å². The van der Waals surface area contributed by atoms with Crippen LogP contribution in [0.25, 0.3) is 0 Å². The van der Waals surface area contributed by atoms with Gasteiger partial charge in [0.05, 0.1) is 7.11 Å². The van der Waals surface area contributed by atoms with Crippen LogP contribution < -0.4 is 20.9 Å². The van der Waals surface area contributed by atoms with Crippen molar-refractivity contribution in [3.05, 3.63) is 48.2 Å². The Morgan fingerprint density at radius 2 is 2.10 bits per heavy atom. The second-order valence-electron chi connectivity index (χ2n) is 4.40. The number of ether oxygens (including phenoxy) is 2. The van der Waals surface area contributed by atoms with E-state index in [1.54, 1.807) is 19.4 Å². The van der Waals surface area contributed by atoms with E-state index in [1.807, 2.05) is 18.2 Å². The minimum atomic E-state index is 0.169. The standard InChI is InChI=1S/C15H18N4O2/c1-3-6-21-12-5-4-10(8-13(12)20-2)7-11-9-18-15(17)19-14(11)16/h3-5,8-9H,1,6-7H2,2H3,(H4,16,17,18,19). The Balaban J connectivity index is 2.22. The minimum absolute atomic E-state index is 0.169. The summed E-state index contributed by atoms with van der Waals surface area (Å²) in [5.74, 6) is 1.88. The zero-order valence-corrected chi connectivity index (χ0v) is 11.9. The molecular weight excluding hydrogens is 268 g/mol. The first kappa shape index (κ1) is 14.6. The number of benzene rings is 1. The Labute approximate surface area is 123 Å². The van der Waals surface area contributed by atoms with E-state index in [2.05, 4.69) is 16.5 Å². The molecule has 0 spiro atoms. The summed E-state index contributed by atoms with van der Waals surface area (Å²) < 4.78 is 10.8. The van der Waals surface area contributed by atoms with Crippen LogP contribution in [0.5, 0.6) is 11.5 Å². The number of nitrogen functional groups attached to an aromatic ring is 2. The molecular formula is C15H18N4O2. The van der Waals surface area contributed by atoms with Gasteiger partial charge in [-0.15, -0.1) is 0 Å². The quantitative estimate of drug-likeness (QED) is 0.786. The van der Waals surface area contributed by atoms with Crippen molar-refractivity contribution in [2.24, 2.45) is 0 Å². The zero-order valence-electron chi connectivity index (χ0n) is 11.9. The summed E-state index contributed by atoms with van der Waals surface area (Å²) in [6.45, 7) is 4.04. The molecule has 4 N–H and O–H groups in total. The van der Waals surface area contributed by atoms with Crippen LogP contribution >= 0.6 is 0 Å². The van der Waals surface area contributed by atoms with E-state index in [1.165, 1.54) is 0 Å². The average Bonchev–Trinajstić information content (AvgIpc) is 2.48. The summed E-state index contributed by atoms with van der Waals surface area (Å²) in [4.78, 5) is 7.90. The van der Waals surface area contributed by atoms with Crippen LogP contribution in [0.4, 0.5) is 11.8 Å². The molecule has 1 aromatic heterocycles. The van der Waals surface area contributed by atoms with Gasteiger partial charge in [-0.05, 0) is 17.7 Å². The van der Waals surface area contributed by atoms with E-state index in [0.717, 1.165) is 11.1 Å². The monoisotopic (exact) mass is 286 g/mol. The number of methoxy groups -OCH3 is 1. The maximum absolute atomic E-state index is 5.84. The van der Waals surface area contributed by atoms with Crippen LogP contribution in [0.3, 0.4) is 0 Å². The van der Waals surface area contributed by atoms with Gasteiger partial charge in [-0.3, -0.25) is 0 Å². The van der Waals surface area contributed by atoms with Crippen LogP contribution in [0.1, 0.15) is 11.1 Å². The summed E-state index contributed by atoms with van der Waals surface area (Å²) in [5.41, 5.74) is 13.1. The van der Waals surface area contributed by atoms with E-state index >= 15 is 0 Å². The second kappa shape index (κ2) is 6.60. The Kier molecular flexibility index (Phi) is 4.61. The fourth-order valence-corrected chi connectivity index (χ4v) is 1.88. The predicted octanol–water partition coefficient (Wildman–Crippen LogP) is 1.81. The highest BCUT2D eigenvalue weighted by Crippen LogP contribution is 2.29. The number of rotatable bonds is 6. The average molecular weight is 286 g/mol. The van der Waals surface area contributed by atoms with Gasteiger partial charge in [0, 0.05) is 18.2 Å². The van der Waals surface area contributed by atoms with Crippen LogP contribution in [0, 0.1) is 0 Å². The van der Waals surface area contributed by atoms with Gasteiger partial charge in [-0.1, -0.05) is 18.7 Å². The molecule has 21 heavy (non-hydrogen) atoms. The Morgan fingerprint density at radius 1 is 1.29 bits per heavy atom. The molecule has 2 aromatic rings. The third-order valence-corrected chi connectivity index (χ3v) is 2.90. The van der Waals surface area contributed by atoms with Gasteiger partial charge < -0.3 is 20.9 Å². The highest BCUT2D eigenvalue weighted by Gasteiger charge is 2.08. The largest absolute Gasteiger partial charge is 0.493 e. The van der Waals surface area contributed by atoms with Crippen molar-refractivity contribution in [3.8, 4) is 11.5 Å². The summed E-state index contributed by atoms with van der Waals surface area (Å²) in [5, 5.41) is 0. The maximum Gasteiger partial charge on any atom is 0.221 e. The molecule has 0 bridgehead atoms. The molecule has 2 rings (SSSR count). The maximum atomic E-state index is 5.84. The third-order valence-electron chi connectivity index (χ3n) is 2.90. The first-order valence-electron chi connectivity index (χ1n) is 6.41. The molecule has 0 aliphatic carbocycles. The molecule has 0 aliphatic heterocycles. The smallest absolute Gasteiger partial charge is 0.221 e. The third kappa shape index (κ3) is 3.62. The van der Waals surface area contributed by atoms with Gasteiger partial charge in [0.15, 0.2) is 11.5 Å². The molecule has 0 unspecified atom stereocenters.